The first-order valence-corrected chi connectivity index (χ1v) is 7.38. The van der Waals surface area contributed by atoms with E-state index in [9.17, 15) is 9.59 Å². The van der Waals surface area contributed by atoms with Crippen molar-refractivity contribution in [1.82, 2.24) is 15.1 Å². The number of methoxy groups -OCH3 is 1. The van der Waals surface area contributed by atoms with E-state index in [2.05, 4.69) is 5.32 Å². The normalized spacial score (nSPS) is 25.9. The monoisotopic (exact) mass is 319 g/mol. The Labute approximate surface area is 132 Å². The van der Waals surface area contributed by atoms with E-state index >= 15 is 0 Å². The van der Waals surface area contributed by atoms with Crippen molar-refractivity contribution in [3.05, 3.63) is 0 Å². The first-order chi connectivity index (χ1) is 9.65. The van der Waals surface area contributed by atoms with Gasteiger partial charge in [-0.1, -0.05) is 0 Å². The van der Waals surface area contributed by atoms with Gasteiger partial charge in [0.2, 0.25) is 11.8 Å². The molecule has 2 unspecified atom stereocenters. The lowest BCUT2D eigenvalue weighted by Crippen LogP contribution is -2.49. The Morgan fingerprint density at radius 1 is 1.43 bits per heavy atom. The maximum absolute atomic E-state index is 12.5. The average molecular weight is 320 g/mol. The number of halogens is 1. The Kier molecular flexibility index (Phi) is 7.42. The lowest BCUT2D eigenvalue weighted by Gasteiger charge is -2.34. The number of carbonyl (C=O) groups is 2. The fourth-order valence-corrected chi connectivity index (χ4v) is 3.03. The molecule has 0 saturated carbocycles. The van der Waals surface area contributed by atoms with Crippen LogP contribution in [0.15, 0.2) is 0 Å². The van der Waals surface area contributed by atoms with Crippen molar-refractivity contribution < 1.29 is 14.3 Å². The Morgan fingerprint density at radius 3 is 2.86 bits per heavy atom. The maximum atomic E-state index is 12.5. The number of carbonyl (C=O) groups excluding carboxylic acids is 2. The number of nitrogens with one attached hydrogen (secondary N) is 1. The number of nitrogens with zero attached hydrogens (tertiary/aromatic N) is 2. The molecule has 2 amide bonds. The number of likely N-dealkylation sites (N-methyl/N-ethyl adjacent to an activating group) is 1. The average Bonchev–Trinajstić information content (AvgIpc) is 2.85. The molecule has 2 aliphatic heterocycles. The van der Waals surface area contributed by atoms with Crippen molar-refractivity contribution in [2.75, 3.05) is 46.9 Å². The fraction of sp³-hybridized carbons (Fsp3) is 0.857. The molecule has 0 radical (unpaired) electrons. The van der Waals surface area contributed by atoms with Gasteiger partial charge in [0, 0.05) is 45.8 Å². The molecule has 1 N–H and O–H groups in total. The lowest BCUT2D eigenvalue weighted by molar-refractivity contribution is -0.137. The highest BCUT2D eigenvalue weighted by atomic mass is 35.5. The number of piperidine rings is 1. The number of hydrogen-bond acceptors (Lipinski definition) is 4. The SMILES string of the molecule is CNC1CCCN(C(=O)C2CC(=O)N(CCOC)C2)C1.Cl. The van der Waals surface area contributed by atoms with E-state index in [-0.39, 0.29) is 30.1 Å². The molecule has 2 saturated heterocycles. The quantitative estimate of drug-likeness (QED) is 0.781. The molecule has 0 spiro atoms. The van der Waals surface area contributed by atoms with Gasteiger partial charge in [-0.15, -0.1) is 12.4 Å². The van der Waals surface area contributed by atoms with Crippen LogP contribution in [0.4, 0.5) is 0 Å². The minimum atomic E-state index is -0.171. The van der Waals surface area contributed by atoms with Crippen LogP contribution in [0.3, 0.4) is 0 Å². The summed E-state index contributed by atoms with van der Waals surface area (Å²) in [6.45, 7) is 3.23. The van der Waals surface area contributed by atoms with E-state index in [1.54, 1.807) is 12.0 Å². The summed E-state index contributed by atoms with van der Waals surface area (Å²) in [4.78, 5) is 28.1. The molecular weight excluding hydrogens is 294 g/mol. The topological polar surface area (TPSA) is 61.9 Å². The Hall–Kier alpha value is -0.850. The molecule has 0 aromatic rings. The minimum Gasteiger partial charge on any atom is -0.383 e. The highest BCUT2D eigenvalue weighted by Crippen LogP contribution is 2.22. The van der Waals surface area contributed by atoms with Gasteiger partial charge in [0.1, 0.15) is 0 Å². The molecule has 7 heteroatoms. The molecule has 2 aliphatic rings. The van der Waals surface area contributed by atoms with Gasteiger partial charge < -0.3 is 19.9 Å². The van der Waals surface area contributed by atoms with E-state index < -0.39 is 0 Å². The number of likely N-dealkylation sites (tertiary alicyclic amines) is 2. The second kappa shape index (κ2) is 8.56. The van der Waals surface area contributed by atoms with Crippen LogP contribution >= 0.6 is 12.4 Å². The van der Waals surface area contributed by atoms with Crippen LogP contribution in [0.5, 0.6) is 0 Å². The summed E-state index contributed by atoms with van der Waals surface area (Å²) in [6.07, 6.45) is 2.50. The van der Waals surface area contributed by atoms with Crippen LogP contribution in [-0.2, 0) is 14.3 Å². The zero-order valence-corrected chi connectivity index (χ0v) is 13.7. The summed E-state index contributed by atoms with van der Waals surface area (Å²) in [5.41, 5.74) is 0. The molecule has 0 bridgehead atoms. The smallest absolute Gasteiger partial charge is 0.228 e. The van der Waals surface area contributed by atoms with Crippen molar-refractivity contribution in [3.8, 4) is 0 Å². The third-order valence-corrected chi connectivity index (χ3v) is 4.27. The third kappa shape index (κ3) is 4.56. The van der Waals surface area contributed by atoms with E-state index in [1.165, 1.54) is 0 Å². The van der Waals surface area contributed by atoms with E-state index in [0.717, 1.165) is 25.9 Å². The van der Waals surface area contributed by atoms with Gasteiger partial charge in [-0.05, 0) is 19.9 Å². The van der Waals surface area contributed by atoms with Crippen molar-refractivity contribution in [1.29, 1.82) is 0 Å². The molecule has 21 heavy (non-hydrogen) atoms. The highest BCUT2D eigenvalue weighted by Gasteiger charge is 2.37. The van der Waals surface area contributed by atoms with Crippen LogP contribution in [0.2, 0.25) is 0 Å². The molecule has 2 atom stereocenters. The van der Waals surface area contributed by atoms with Gasteiger partial charge in [0.25, 0.3) is 0 Å². The molecule has 122 valence electrons. The standard InChI is InChI=1S/C14H25N3O3.ClH/c1-15-12-4-3-5-17(10-12)14(19)11-8-13(18)16(9-11)6-7-20-2;/h11-12,15H,3-10H2,1-2H3;1H. The fourth-order valence-electron chi connectivity index (χ4n) is 3.03. The molecular formula is C14H26ClN3O3. The first kappa shape index (κ1) is 18.2. The molecule has 2 rings (SSSR count). The molecule has 6 nitrogen and oxygen atoms in total. The highest BCUT2D eigenvalue weighted by molar-refractivity contribution is 5.89. The van der Waals surface area contributed by atoms with E-state index in [0.29, 0.717) is 32.2 Å². The number of amides is 2. The summed E-state index contributed by atoms with van der Waals surface area (Å²) in [5.74, 6) is 0.0377. The Morgan fingerprint density at radius 2 is 2.19 bits per heavy atom. The van der Waals surface area contributed by atoms with Gasteiger partial charge in [0.15, 0.2) is 0 Å². The van der Waals surface area contributed by atoms with Crippen molar-refractivity contribution >= 4 is 24.2 Å². The van der Waals surface area contributed by atoms with Crippen LogP contribution in [0.1, 0.15) is 19.3 Å². The molecule has 2 fully saturated rings. The summed E-state index contributed by atoms with van der Waals surface area (Å²) < 4.78 is 5.00. The zero-order valence-electron chi connectivity index (χ0n) is 12.8. The molecule has 0 aromatic carbocycles. The second-order valence-corrected chi connectivity index (χ2v) is 5.65. The predicted molar refractivity (Wildman–Crippen MR) is 82.5 cm³/mol. The van der Waals surface area contributed by atoms with Crippen LogP contribution < -0.4 is 5.32 Å². The van der Waals surface area contributed by atoms with Crippen LogP contribution in [0, 0.1) is 5.92 Å². The van der Waals surface area contributed by atoms with Gasteiger partial charge >= 0.3 is 0 Å². The van der Waals surface area contributed by atoms with Crippen molar-refractivity contribution in [3.63, 3.8) is 0 Å². The summed E-state index contributed by atoms with van der Waals surface area (Å²) in [7, 11) is 3.55. The summed E-state index contributed by atoms with van der Waals surface area (Å²) in [5, 5.41) is 3.24. The van der Waals surface area contributed by atoms with Gasteiger partial charge in [0.05, 0.1) is 12.5 Å². The second-order valence-electron chi connectivity index (χ2n) is 5.65. The first-order valence-electron chi connectivity index (χ1n) is 7.38. The maximum Gasteiger partial charge on any atom is 0.228 e. The number of hydrogen-bond donors (Lipinski definition) is 1. The van der Waals surface area contributed by atoms with E-state index in [1.807, 2.05) is 11.9 Å². The van der Waals surface area contributed by atoms with Gasteiger partial charge in [-0.3, -0.25) is 9.59 Å². The Balaban J connectivity index is 0.00000220. The van der Waals surface area contributed by atoms with Crippen molar-refractivity contribution in [2.45, 2.75) is 25.3 Å². The van der Waals surface area contributed by atoms with Crippen molar-refractivity contribution in [2.24, 2.45) is 5.92 Å². The van der Waals surface area contributed by atoms with E-state index in [4.69, 9.17) is 4.74 Å². The lowest BCUT2D eigenvalue weighted by atomic mass is 10.0. The third-order valence-electron chi connectivity index (χ3n) is 4.27. The number of ether oxygens (including phenoxy) is 1. The molecule has 0 aliphatic carbocycles. The van der Waals surface area contributed by atoms with Gasteiger partial charge in [-0.25, -0.2) is 0 Å². The predicted octanol–water partition coefficient (Wildman–Crippen LogP) is 0.114. The molecule has 0 aromatic heterocycles. The minimum absolute atomic E-state index is 0. The van der Waals surface area contributed by atoms with Crippen LogP contribution in [-0.4, -0.2) is 74.6 Å². The Bertz CT molecular complexity index is 367. The zero-order chi connectivity index (χ0) is 14.5. The van der Waals surface area contributed by atoms with Crippen LogP contribution in [0.25, 0.3) is 0 Å². The summed E-state index contributed by atoms with van der Waals surface area (Å²) in [6, 6.07) is 0.384. The summed E-state index contributed by atoms with van der Waals surface area (Å²) >= 11 is 0. The van der Waals surface area contributed by atoms with Gasteiger partial charge in [-0.2, -0.15) is 0 Å². The number of rotatable bonds is 5. The molecule has 2 heterocycles. The largest absolute Gasteiger partial charge is 0.383 e.